The maximum atomic E-state index is 12.6. The second-order valence-electron chi connectivity index (χ2n) is 8.61. The van der Waals surface area contributed by atoms with Crippen LogP contribution in [0, 0.1) is 6.92 Å². The Hall–Kier alpha value is -3.41. The average molecular weight is 445 g/mol. The van der Waals surface area contributed by atoms with Gasteiger partial charge in [-0.2, -0.15) is 0 Å². The molecule has 1 aliphatic heterocycles. The van der Waals surface area contributed by atoms with E-state index in [1.54, 1.807) is 0 Å². The molecule has 0 saturated carbocycles. The Morgan fingerprint density at radius 1 is 0.909 bits per heavy atom. The summed E-state index contributed by atoms with van der Waals surface area (Å²) in [4.78, 5) is 33.7. The number of aromatic nitrogens is 1. The van der Waals surface area contributed by atoms with Gasteiger partial charge in [0.05, 0.1) is 5.52 Å². The number of nitrogens with zero attached hydrogens (tertiary/aromatic N) is 3. The highest BCUT2D eigenvalue weighted by molar-refractivity contribution is 5.94. The number of piperazine rings is 1. The maximum Gasteiger partial charge on any atom is 0.251 e. The lowest BCUT2D eigenvalue weighted by Gasteiger charge is -2.35. The highest BCUT2D eigenvalue weighted by Gasteiger charge is 2.22. The fourth-order valence-corrected chi connectivity index (χ4v) is 4.31. The van der Waals surface area contributed by atoms with E-state index in [0.717, 1.165) is 56.8 Å². The van der Waals surface area contributed by atoms with E-state index in [1.165, 1.54) is 10.9 Å². The quantitative estimate of drug-likeness (QED) is 0.530. The van der Waals surface area contributed by atoms with Crippen LogP contribution in [0.5, 0.6) is 0 Å². The summed E-state index contributed by atoms with van der Waals surface area (Å²) in [6, 6.07) is 19.6. The number of carbonyl (C=O) groups is 2. The van der Waals surface area contributed by atoms with Crippen molar-refractivity contribution in [2.45, 2.75) is 32.6 Å². The van der Waals surface area contributed by atoms with Crippen LogP contribution in [0.15, 0.2) is 60.7 Å². The molecule has 0 atom stereocenters. The van der Waals surface area contributed by atoms with E-state index < -0.39 is 0 Å². The first-order valence-electron chi connectivity index (χ1n) is 11.8. The van der Waals surface area contributed by atoms with Crippen molar-refractivity contribution < 1.29 is 9.59 Å². The summed E-state index contributed by atoms with van der Waals surface area (Å²) in [7, 11) is 0. The Morgan fingerprint density at radius 3 is 2.42 bits per heavy atom. The normalized spacial score (nSPS) is 13.8. The van der Waals surface area contributed by atoms with Crippen molar-refractivity contribution in [3.63, 3.8) is 0 Å². The molecule has 0 bridgehead atoms. The van der Waals surface area contributed by atoms with Crippen molar-refractivity contribution in [2.75, 3.05) is 37.6 Å². The molecular weight excluding hydrogens is 412 g/mol. The van der Waals surface area contributed by atoms with Crippen molar-refractivity contribution in [3.05, 3.63) is 71.8 Å². The predicted molar refractivity (Wildman–Crippen MR) is 133 cm³/mol. The molecule has 3 aromatic rings. The van der Waals surface area contributed by atoms with E-state index in [4.69, 9.17) is 4.98 Å². The number of nitrogens with one attached hydrogen (secondary N) is 1. The van der Waals surface area contributed by atoms with E-state index in [0.29, 0.717) is 18.5 Å². The Kier molecular flexibility index (Phi) is 7.55. The number of rotatable bonds is 8. The number of benzene rings is 2. The molecule has 6 nitrogen and oxygen atoms in total. The molecule has 0 unspecified atom stereocenters. The Morgan fingerprint density at radius 2 is 1.64 bits per heavy atom. The fourth-order valence-electron chi connectivity index (χ4n) is 4.31. The van der Waals surface area contributed by atoms with Gasteiger partial charge in [-0.3, -0.25) is 9.59 Å². The van der Waals surface area contributed by atoms with Gasteiger partial charge in [0.25, 0.3) is 5.91 Å². The number of fused-ring (bicyclic) bond motifs is 1. The molecule has 2 heterocycles. The van der Waals surface area contributed by atoms with Crippen LogP contribution in [0.1, 0.15) is 41.6 Å². The zero-order chi connectivity index (χ0) is 23.0. The maximum absolute atomic E-state index is 12.6. The molecule has 0 spiro atoms. The smallest absolute Gasteiger partial charge is 0.251 e. The molecule has 1 fully saturated rings. The van der Waals surface area contributed by atoms with E-state index >= 15 is 0 Å². The van der Waals surface area contributed by atoms with Gasteiger partial charge >= 0.3 is 0 Å². The first-order valence-corrected chi connectivity index (χ1v) is 11.8. The number of unbranched alkanes of at least 4 members (excludes halogenated alkanes) is 2. The molecule has 1 aromatic heterocycles. The van der Waals surface area contributed by atoms with Gasteiger partial charge in [0.15, 0.2) is 0 Å². The SMILES string of the molecule is Cc1cc(N2CCN(C(=O)CCCCCNC(=O)c3ccccc3)CC2)nc2ccccc12. The number of pyridine rings is 1. The third-order valence-corrected chi connectivity index (χ3v) is 6.25. The van der Waals surface area contributed by atoms with Gasteiger partial charge in [-0.05, 0) is 49.6 Å². The minimum atomic E-state index is -0.0411. The molecular formula is C27H32N4O2. The first-order chi connectivity index (χ1) is 16.1. The number of para-hydroxylation sites is 1. The zero-order valence-corrected chi connectivity index (χ0v) is 19.3. The first kappa shape index (κ1) is 22.8. The number of hydrogen-bond acceptors (Lipinski definition) is 4. The highest BCUT2D eigenvalue weighted by Crippen LogP contribution is 2.23. The largest absolute Gasteiger partial charge is 0.353 e. The molecule has 1 aliphatic rings. The summed E-state index contributed by atoms with van der Waals surface area (Å²) in [5, 5.41) is 4.13. The lowest BCUT2D eigenvalue weighted by Crippen LogP contribution is -2.49. The third-order valence-electron chi connectivity index (χ3n) is 6.25. The van der Waals surface area contributed by atoms with Crippen LogP contribution in [0.3, 0.4) is 0 Å². The second-order valence-corrected chi connectivity index (χ2v) is 8.61. The van der Waals surface area contributed by atoms with Crippen LogP contribution in [0.2, 0.25) is 0 Å². The number of anilines is 1. The molecule has 1 N–H and O–H groups in total. The van der Waals surface area contributed by atoms with Crippen LogP contribution in [0.25, 0.3) is 10.9 Å². The summed E-state index contributed by atoms with van der Waals surface area (Å²) in [5.74, 6) is 1.18. The Labute approximate surface area is 195 Å². The van der Waals surface area contributed by atoms with Gasteiger partial charge in [0, 0.05) is 50.1 Å². The van der Waals surface area contributed by atoms with Crippen molar-refractivity contribution in [1.29, 1.82) is 0 Å². The number of hydrogen-bond donors (Lipinski definition) is 1. The van der Waals surface area contributed by atoms with E-state index in [2.05, 4.69) is 35.3 Å². The van der Waals surface area contributed by atoms with Crippen LogP contribution in [-0.4, -0.2) is 54.4 Å². The molecule has 4 rings (SSSR count). The summed E-state index contributed by atoms with van der Waals surface area (Å²) >= 11 is 0. The number of carbonyl (C=O) groups excluding carboxylic acids is 2. The zero-order valence-electron chi connectivity index (χ0n) is 19.3. The van der Waals surface area contributed by atoms with E-state index in [-0.39, 0.29) is 11.8 Å². The highest BCUT2D eigenvalue weighted by atomic mass is 16.2. The molecule has 2 aromatic carbocycles. The topological polar surface area (TPSA) is 65.5 Å². The van der Waals surface area contributed by atoms with Crippen LogP contribution in [0.4, 0.5) is 5.82 Å². The predicted octanol–water partition coefficient (Wildman–Crippen LogP) is 4.18. The standard InChI is InChI=1S/C27H32N4O2/c1-21-20-25(29-24-13-8-7-12-23(21)24)30-16-18-31(19-17-30)26(32)14-6-3-9-15-28-27(33)22-10-4-2-5-11-22/h2,4-5,7-8,10-13,20H,3,6,9,14-19H2,1H3,(H,28,33). The molecule has 1 saturated heterocycles. The van der Waals surface area contributed by atoms with Crippen molar-refractivity contribution in [1.82, 2.24) is 15.2 Å². The second kappa shape index (κ2) is 10.9. The molecule has 0 aliphatic carbocycles. The number of aryl methyl sites for hydroxylation is 1. The fraction of sp³-hybridized carbons (Fsp3) is 0.370. The molecule has 172 valence electrons. The van der Waals surface area contributed by atoms with Gasteiger partial charge in [-0.25, -0.2) is 4.98 Å². The lowest BCUT2D eigenvalue weighted by atomic mass is 10.1. The average Bonchev–Trinajstić information content (AvgIpc) is 2.86. The summed E-state index contributed by atoms with van der Waals surface area (Å²) < 4.78 is 0. The van der Waals surface area contributed by atoms with Crippen LogP contribution < -0.4 is 10.2 Å². The summed E-state index contributed by atoms with van der Waals surface area (Å²) in [5.41, 5.74) is 2.93. The Bertz CT molecular complexity index is 1090. The van der Waals surface area contributed by atoms with Gasteiger partial charge < -0.3 is 15.1 Å². The van der Waals surface area contributed by atoms with Crippen molar-refractivity contribution >= 4 is 28.5 Å². The molecule has 6 heteroatoms. The molecule has 33 heavy (non-hydrogen) atoms. The molecule has 2 amide bonds. The summed E-state index contributed by atoms with van der Waals surface area (Å²) in [6.07, 6.45) is 3.24. The van der Waals surface area contributed by atoms with Crippen molar-refractivity contribution in [3.8, 4) is 0 Å². The van der Waals surface area contributed by atoms with Crippen molar-refractivity contribution in [2.24, 2.45) is 0 Å². The van der Waals surface area contributed by atoms with Crippen LogP contribution in [-0.2, 0) is 4.79 Å². The van der Waals surface area contributed by atoms with Gasteiger partial charge in [0.1, 0.15) is 5.82 Å². The Balaban J connectivity index is 1.15. The monoisotopic (exact) mass is 444 g/mol. The summed E-state index contributed by atoms with van der Waals surface area (Å²) in [6.45, 7) is 5.85. The minimum absolute atomic E-state index is 0.0411. The molecule has 0 radical (unpaired) electrons. The van der Waals surface area contributed by atoms with Gasteiger partial charge in [-0.1, -0.05) is 42.8 Å². The lowest BCUT2D eigenvalue weighted by molar-refractivity contribution is -0.131. The van der Waals surface area contributed by atoms with Gasteiger partial charge in [0.2, 0.25) is 5.91 Å². The minimum Gasteiger partial charge on any atom is -0.353 e. The van der Waals surface area contributed by atoms with Gasteiger partial charge in [-0.15, -0.1) is 0 Å². The number of amides is 2. The third kappa shape index (κ3) is 5.89. The van der Waals surface area contributed by atoms with Crippen LogP contribution >= 0.6 is 0 Å². The van der Waals surface area contributed by atoms with E-state index in [9.17, 15) is 9.59 Å². The van der Waals surface area contributed by atoms with E-state index in [1.807, 2.05) is 47.4 Å².